The van der Waals surface area contributed by atoms with Crippen LogP contribution in [0.4, 0.5) is 15.8 Å². The highest BCUT2D eigenvalue weighted by Crippen LogP contribution is 2.35. The first-order valence-corrected chi connectivity index (χ1v) is 7.03. The summed E-state index contributed by atoms with van der Waals surface area (Å²) in [5, 5.41) is 0. The van der Waals surface area contributed by atoms with E-state index in [0.717, 1.165) is 18.7 Å². The van der Waals surface area contributed by atoms with Gasteiger partial charge >= 0.3 is 0 Å². The van der Waals surface area contributed by atoms with Crippen LogP contribution >= 0.6 is 0 Å². The highest BCUT2D eigenvalue weighted by atomic mass is 19.1. The van der Waals surface area contributed by atoms with Gasteiger partial charge in [-0.15, -0.1) is 0 Å². The number of benzene rings is 2. The molecule has 3 rings (SSSR count). The minimum atomic E-state index is -0.222. The molecule has 0 saturated heterocycles. The maximum atomic E-state index is 14.0. The Labute approximate surface area is 119 Å². The molecule has 0 radical (unpaired) electrons. The Morgan fingerprint density at radius 1 is 1.25 bits per heavy atom. The third-order valence-electron chi connectivity index (χ3n) is 3.91. The van der Waals surface area contributed by atoms with Crippen LogP contribution in [0, 0.1) is 11.7 Å². The monoisotopic (exact) mass is 270 g/mol. The first-order valence-electron chi connectivity index (χ1n) is 7.03. The summed E-state index contributed by atoms with van der Waals surface area (Å²) in [4.78, 5) is 2.20. The van der Waals surface area contributed by atoms with Gasteiger partial charge in [-0.05, 0) is 36.1 Å². The summed E-state index contributed by atoms with van der Waals surface area (Å²) in [6, 6.07) is 13.7. The van der Waals surface area contributed by atoms with Gasteiger partial charge in [0.05, 0.1) is 0 Å². The van der Waals surface area contributed by atoms with Crippen LogP contribution in [-0.4, -0.2) is 6.54 Å². The van der Waals surface area contributed by atoms with Gasteiger partial charge in [-0.1, -0.05) is 31.2 Å². The molecule has 2 N–H and O–H groups in total. The predicted molar refractivity (Wildman–Crippen MR) is 80.6 cm³/mol. The Hall–Kier alpha value is -1.87. The second kappa shape index (κ2) is 5.25. The Kier molecular flexibility index (Phi) is 3.45. The molecule has 1 aliphatic rings. The van der Waals surface area contributed by atoms with Gasteiger partial charge in [-0.3, -0.25) is 0 Å². The summed E-state index contributed by atoms with van der Waals surface area (Å²) in [7, 11) is 0. The molecule has 0 aliphatic carbocycles. The van der Waals surface area contributed by atoms with Crippen molar-refractivity contribution in [3.63, 3.8) is 0 Å². The number of para-hydroxylation sites is 1. The molecule has 3 heteroatoms. The number of nitrogens with zero attached hydrogens (tertiary/aromatic N) is 1. The van der Waals surface area contributed by atoms with E-state index in [9.17, 15) is 4.39 Å². The predicted octanol–water partition coefficient (Wildman–Crippen LogP) is 3.61. The standard InChI is InChI=1S/C17H19FN2/c1-12-8-13-4-2-3-5-17(13)20(11-12)15-7-6-14(10-19)16(18)9-15/h2-7,9,12H,8,10-11,19H2,1H3. The molecule has 1 atom stereocenters. The number of hydrogen-bond donors (Lipinski definition) is 1. The van der Waals surface area contributed by atoms with Crippen LogP contribution in [0.5, 0.6) is 0 Å². The number of hydrogen-bond acceptors (Lipinski definition) is 2. The summed E-state index contributed by atoms with van der Waals surface area (Å²) in [6.45, 7) is 3.38. The molecule has 1 aliphatic heterocycles. The number of fused-ring (bicyclic) bond motifs is 1. The van der Waals surface area contributed by atoms with Crippen LogP contribution in [0.25, 0.3) is 0 Å². The van der Waals surface area contributed by atoms with Gasteiger partial charge in [0, 0.05) is 30.0 Å². The molecular weight excluding hydrogens is 251 g/mol. The Bertz CT molecular complexity index is 624. The maximum Gasteiger partial charge on any atom is 0.129 e. The van der Waals surface area contributed by atoms with Gasteiger partial charge in [0.2, 0.25) is 0 Å². The van der Waals surface area contributed by atoms with E-state index < -0.39 is 0 Å². The SMILES string of the molecule is CC1Cc2ccccc2N(c2ccc(CN)c(F)c2)C1. The van der Waals surface area contributed by atoms with E-state index >= 15 is 0 Å². The molecule has 0 fully saturated rings. The number of halogens is 1. The topological polar surface area (TPSA) is 29.3 Å². The molecule has 2 nitrogen and oxygen atoms in total. The van der Waals surface area contributed by atoms with Crippen LogP contribution in [-0.2, 0) is 13.0 Å². The molecular formula is C17H19FN2. The van der Waals surface area contributed by atoms with Crippen molar-refractivity contribution in [2.75, 3.05) is 11.4 Å². The third-order valence-corrected chi connectivity index (χ3v) is 3.91. The van der Waals surface area contributed by atoms with Gasteiger partial charge in [0.1, 0.15) is 5.82 Å². The van der Waals surface area contributed by atoms with Crippen molar-refractivity contribution in [1.29, 1.82) is 0 Å². The number of anilines is 2. The van der Waals surface area contributed by atoms with Gasteiger partial charge in [0.25, 0.3) is 0 Å². The summed E-state index contributed by atoms with van der Waals surface area (Å²) in [6.07, 6.45) is 1.08. The molecule has 20 heavy (non-hydrogen) atoms. The van der Waals surface area contributed by atoms with Crippen LogP contribution in [0.3, 0.4) is 0 Å². The van der Waals surface area contributed by atoms with Crippen LogP contribution < -0.4 is 10.6 Å². The minimum Gasteiger partial charge on any atom is -0.341 e. The molecule has 104 valence electrons. The van der Waals surface area contributed by atoms with E-state index in [0.29, 0.717) is 11.5 Å². The highest BCUT2D eigenvalue weighted by Gasteiger charge is 2.22. The number of nitrogens with two attached hydrogens (primary N) is 1. The molecule has 2 aromatic carbocycles. The second-order valence-electron chi connectivity index (χ2n) is 5.53. The average molecular weight is 270 g/mol. The van der Waals surface area contributed by atoms with Crippen molar-refractivity contribution in [3.05, 3.63) is 59.4 Å². The first-order chi connectivity index (χ1) is 9.69. The second-order valence-corrected chi connectivity index (χ2v) is 5.53. The molecule has 0 amide bonds. The zero-order valence-electron chi connectivity index (χ0n) is 11.6. The number of rotatable bonds is 2. The van der Waals surface area contributed by atoms with E-state index in [4.69, 9.17) is 5.73 Å². The van der Waals surface area contributed by atoms with E-state index in [-0.39, 0.29) is 12.4 Å². The Morgan fingerprint density at radius 3 is 2.80 bits per heavy atom. The smallest absolute Gasteiger partial charge is 0.129 e. The largest absolute Gasteiger partial charge is 0.341 e. The lowest BCUT2D eigenvalue weighted by molar-refractivity contribution is 0.560. The van der Waals surface area contributed by atoms with E-state index in [1.807, 2.05) is 12.1 Å². The first kappa shape index (κ1) is 13.1. The van der Waals surface area contributed by atoms with Gasteiger partial charge in [-0.2, -0.15) is 0 Å². The van der Waals surface area contributed by atoms with Crippen molar-refractivity contribution in [2.24, 2.45) is 11.7 Å². The molecule has 0 saturated carbocycles. The van der Waals surface area contributed by atoms with Crippen LogP contribution in [0.1, 0.15) is 18.1 Å². The Balaban J connectivity index is 2.04. The molecule has 1 unspecified atom stereocenters. The van der Waals surface area contributed by atoms with Crippen molar-refractivity contribution >= 4 is 11.4 Å². The van der Waals surface area contributed by atoms with Crippen LogP contribution in [0.15, 0.2) is 42.5 Å². The fourth-order valence-corrected chi connectivity index (χ4v) is 2.91. The molecule has 0 spiro atoms. The lowest BCUT2D eigenvalue weighted by Crippen LogP contribution is -2.30. The van der Waals surface area contributed by atoms with E-state index in [1.54, 1.807) is 12.1 Å². The fraction of sp³-hybridized carbons (Fsp3) is 0.294. The fourth-order valence-electron chi connectivity index (χ4n) is 2.91. The summed E-state index contributed by atoms with van der Waals surface area (Å²) in [5.74, 6) is 0.336. The van der Waals surface area contributed by atoms with Crippen molar-refractivity contribution in [2.45, 2.75) is 19.9 Å². The zero-order chi connectivity index (χ0) is 14.1. The normalized spacial score (nSPS) is 17.9. The summed E-state index contributed by atoms with van der Waals surface area (Å²) in [5.41, 5.74) is 9.50. The zero-order valence-corrected chi connectivity index (χ0v) is 11.6. The maximum absolute atomic E-state index is 14.0. The van der Waals surface area contributed by atoms with Gasteiger partial charge < -0.3 is 10.6 Å². The lowest BCUT2D eigenvalue weighted by Gasteiger charge is -2.35. The molecule has 1 heterocycles. The third kappa shape index (κ3) is 2.29. The van der Waals surface area contributed by atoms with E-state index in [2.05, 4.69) is 30.0 Å². The van der Waals surface area contributed by atoms with Crippen molar-refractivity contribution in [3.8, 4) is 0 Å². The average Bonchev–Trinajstić information content (AvgIpc) is 2.46. The van der Waals surface area contributed by atoms with Gasteiger partial charge in [-0.25, -0.2) is 4.39 Å². The van der Waals surface area contributed by atoms with Crippen molar-refractivity contribution in [1.82, 2.24) is 0 Å². The highest BCUT2D eigenvalue weighted by molar-refractivity contribution is 5.68. The molecule has 2 aromatic rings. The summed E-state index contributed by atoms with van der Waals surface area (Å²) >= 11 is 0. The van der Waals surface area contributed by atoms with Crippen LogP contribution in [0.2, 0.25) is 0 Å². The lowest BCUT2D eigenvalue weighted by atomic mass is 9.93. The minimum absolute atomic E-state index is 0.222. The van der Waals surface area contributed by atoms with Gasteiger partial charge in [0.15, 0.2) is 0 Å². The molecule has 0 aromatic heterocycles. The van der Waals surface area contributed by atoms with Crippen molar-refractivity contribution < 1.29 is 4.39 Å². The summed E-state index contributed by atoms with van der Waals surface area (Å²) < 4.78 is 14.0. The van der Waals surface area contributed by atoms with E-state index in [1.165, 1.54) is 11.3 Å². The quantitative estimate of drug-likeness (QED) is 0.903. The molecule has 0 bridgehead atoms. The Morgan fingerprint density at radius 2 is 2.05 bits per heavy atom.